The fourth-order valence-corrected chi connectivity index (χ4v) is 2.74. The van der Waals surface area contributed by atoms with Gasteiger partial charge in [0.25, 0.3) is 0 Å². The summed E-state index contributed by atoms with van der Waals surface area (Å²) in [5, 5.41) is 3.12. The number of aromatic nitrogens is 3. The quantitative estimate of drug-likeness (QED) is 0.771. The highest BCUT2D eigenvalue weighted by atomic mass is 35.5. The highest BCUT2D eigenvalue weighted by Crippen LogP contribution is 2.25. The summed E-state index contributed by atoms with van der Waals surface area (Å²) < 4.78 is 2.08. The highest BCUT2D eigenvalue weighted by molar-refractivity contribution is 7.09. The van der Waals surface area contributed by atoms with E-state index in [-0.39, 0.29) is 6.04 Å². The van der Waals surface area contributed by atoms with Crippen molar-refractivity contribution in [3.8, 4) is 0 Å². The van der Waals surface area contributed by atoms with Crippen LogP contribution in [-0.4, -0.2) is 14.5 Å². The highest BCUT2D eigenvalue weighted by Gasteiger charge is 2.14. The predicted molar refractivity (Wildman–Crippen MR) is 62.3 cm³/mol. The lowest BCUT2D eigenvalue weighted by Gasteiger charge is -2.12. The van der Waals surface area contributed by atoms with E-state index in [1.54, 1.807) is 17.5 Å². The minimum absolute atomic E-state index is 0.287. The first-order valence-corrected chi connectivity index (χ1v) is 6.24. The van der Waals surface area contributed by atoms with Gasteiger partial charge in [0.05, 0.1) is 23.9 Å². The smallest absolute Gasteiger partial charge is 0.116 e. The van der Waals surface area contributed by atoms with Crippen molar-refractivity contribution in [2.45, 2.75) is 25.3 Å². The maximum Gasteiger partial charge on any atom is 0.116 e. The monoisotopic (exact) mass is 241 g/mol. The van der Waals surface area contributed by atoms with Crippen LogP contribution in [0.15, 0.2) is 24.1 Å². The summed E-state index contributed by atoms with van der Waals surface area (Å²) in [5.74, 6) is 0.483. The molecular formula is C10H12ClN3S. The van der Waals surface area contributed by atoms with E-state index < -0.39 is 0 Å². The number of alkyl halides is 1. The number of halogens is 1. The Kier molecular flexibility index (Phi) is 3.38. The minimum atomic E-state index is 0.287. The van der Waals surface area contributed by atoms with Crippen LogP contribution < -0.4 is 0 Å². The minimum Gasteiger partial charge on any atom is -0.328 e. The maximum atomic E-state index is 5.74. The molecule has 0 saturated heterocycles. The lowest BCUT2D eigenvalue weighted by molar-refractivity contribution is 0.562. The first-order chi connectivity index (χ1) is 7.35. The zero-order chi connectivity index (χ0) is 10.7. The third kappa shape index (κ3) is 2.21. The Morgan fingerprint density at radius 3 is 3.00 bits per heavy atom. The third-order valence-corrected chi connectivity index (χ3v) is 3.53. The topological polar surface area (TPSA) is 30.7 Å². The third-order valence-electron chi connectivity index (χ3n) is 2.26. The van der Waals surface area contributed by atoms with Crippen LogP contribution in [0.5, 0.6) is 0 Å². The molecule has 1 atom stereocenters. The lowest BCUT2D eigenvalue weighted by atomic mass is 10.2. The molecular weight excluding hydrogens is 230 g/mol. The molecule has 2 aromatic heterocycles. The van der Waals surface area contributed by atoms with Crippen LogP contribution in [0.3, 0.4) is 0 Å². The van der Waals surface area contributed by atoms with Gasteiger partial charge in [-0.05, 0) is 6.42 Å². The summed E-state index contributed by atoms with van der Waals surface area (Å²) in [7, 11) is 0. The Hall–Kier alpha value is -0.870. The fraction of sp³-hybridized carbons (Fsp3) is 0.400. The number of hydrogen-bond acceptors (Lipinski definition) is 3. The molecule has 0 aliphatic heterocycles. The van der Waals surface area contributed by atoms with Gasteiger partial charge in [-0.3, -0.25) is 0 Å². The zero-order valence-corrected chi connectivity index (χ0v) is 10.0. The maximum absolute atomic E-state index is 5.74. The molecule has 15 heavy (non-hydrogen) atoms. The van der Waals surface area contributed by atoms with Crippen molar-refractivity contribution >= 4 is 22.9 Å². The molecule has 0 aliphatic rings. The Morgan fingerprint density at radius 2 is 2.47 bits per heavy atom. The van der Waals surface area contributed by atoms with Crippen LogP contribution in [-0.2, 0) is 5.88 Å². The van der Waals surface area contributed by atoms with Crippen molar-refractivity contribution in [2.75, 3.05) is 0 Å². The molecule has 1 unspecified atom stereocenters. The average Bonchev–Trinajstić information content (AvgIpc) is 2.89. The molecule has 0 N–H and O–H groups in total. The van der Waals surface area contributed by atoms with Crippen molar-refractivity contribution < 1.29 is 0 Å². The van der Waals surface area contributed by atoms with Crippen LogP contribution >= 0.6 is 22.9 Å². The van der Waals surface area contributed by atoms with Crippen LogP contribution in [0.25, 0.3) is 0 Å². The Bertz CT molecular complexity index is 410. The summed E-state index contributed by atoms with van der Waals surface area (Å²) in [4.78, 5) is 8.55. The molecule has 80 valence electrons. The van der Waals surface area contributed by atoms with Crippen LogP contribution in [0, 0.1) is 0 Å². The number of rotatable bonds is 4. The molecule has 2 aromatic rings. The second kappa shape index (κ2) is 4.77. The van der Waals surface area contributed by atoms with Gasteiger partial charge in [-0.1, -0.05) is 6.92 Å². The fourth-order valence-electron chi connectivity index (χ4n) is 1.50. The summed E-state index contributed by atoms with van der Waals surface area (Å²) in [6, 6.07) is 0.287. The predicted octanol–water partition coefficient (Wildman–Crippen LogP) is 3.08. The number of hydrogen-bond donors (Lipinski definition) is 0. The van der Waals surface area contributed by atoms with E-state index in [1.807, 2.05) is 17.9 Å². The van der Waals surface area contributed by atoms with Crippen molar-refractivity contribution in [3.63, 3.8) is 0 Å². The molecule has 0 fully saturated rings. The Labute approximate surface area is 97.8 Å². The van der Waals surface area contributed by atoms with Gasteiger partial charge in [0.15, 0.2) is 0 Å². The first kappa shape index (κ1) is 10.6. The summed E-state index contributed by atoms with van der Waals surface area (Å²) in [6.07, 6.45) is 6.59. The van der Waals surface area contributed by atoms with Gasteiger partial charge in [-0.15, -0.1) is 22.9 Å². The van der Waals surface area contributed by atoms with E-state index >= 15 is 0 Å². The second-order valence-corrected chi connectivity index (χ2v) is 4.40. The lowest BCUT2D eigenvalue weighted by Crippen LogP contribution is -2.07. The molecule has 5 heteroatoms. The van der Waals surface area contributed by atoms with E-state index in [9.17, 15) is 0 Å². The molecule has 0 bridgehead atoms. The summed E-state index contributed by atoms with van der Waals surface area (Å²) in [5.41, 5.74) is 0.954. The van der Waals surface area contributed by atoms with Gasteiger partial charge in [-0.2, -0.15) is 0 Å². The molecule has 0 amide bonds. The van der Waals surface area contributed by atoms with Crippen LogP contribution in [0.4, 0.5) is 0 Å². The molecule has 0 aromatic carbocycles. The number of nitrogens with zero attached hydrogens (tertiary/aromatic N) is 3. The van der Waals surface area contributed by atoms with Gasteiger partial charge < -0.3 is 4.57 Å². The summed E-state index contributed by atoms with van der Waals surface area (Å²) in [6.45, 7) is 2.15. The van der Waals surface area contributed by atoms with Gasteiger partial charge in [-0.25, -0.2) is 9.97 Å². The standard InChI is InChI=1S/C10H12ClN3S/c1-2-9(14-4-3-12-7-14)10-13-8(5-11)6-15-10/h3-4,6-7,9H,2,5H2,1H3. The number of thiazole rings is 1. The van der Waals surface area contributed by atoms with E-state index in [2.05, 4.69) is 21.5 Å². The van der Waals surface area contributed by atoms with Gasteiger partial charge in [0, 0.05) is 17.8 Å². The SMILES string of the molecule is CCC(c1nc(CCl)cs1)n1ccnc1. The normalized spacial score (nSPS) is 12.9. The first-order valence-electron chi connectivity index (χ1n) is 4.82. The zero-order valence-electron chi connectivity index (χ0n) is 8.43. The van der Waals surface area contributed by atoms with Crippen molar-refractivity contribution in [2.24, 2.45) is 0 Å². The van der Waals surface area contributed by atoms with E-state index in [0.29, 0.717) is 5.88 Å². The largest absolute Gasteiger partial charge is 0.328 e. The Morgan fingerprint density at radius 1 is 1.60 bits per heavy atom. The molecule has 2 heterocycles. The second-order valence-electron chi connectivity index (χ2n) is 3.24. The van der Waals surface area contributed by atoms with Crippen molar-refractivity contribution in [3.05, 3.63) is 34.8 Å². The molecule has 2 rings (SSSR count). The van der Waals surface area contributed by atoms with Crippen molar-refractivity contribution in [1.29, 1.82) is 0 Å². The Balaban J connectivity index is 2.27. The van der Waals surface area contributed by atoms with Gasteiger partial charge in [0.2, 0.25) is 0 Å². The van der Waals surface area contributed by atoms with Crippen LogP contribution in [0.1, 0.15) is 30.1 Å². The van der Waals surface area contributed by atoms with E-state index in [4.69, 9.17) is 11.6 Å². The molecule has 0 spiro atoms. The molecule has 0 aliphatic carbocycles. The average molecular weight is 242 g/mol. The molecule has 0 saturated carbocycles. The molecule has 0 radical (unpaired) electrons. The number of imidazole rings is 1. The van der Waals surface area contributed by atoms with Crippen LogP contribution in [0.2, 0.25) is 0 Å². The summed E-state index contributed by atoms with van der Waals surface area (Å²) >= 11 is 7.40. The van der Waals surface area contributed by atoms with Gasteiger partial charge >= 0.3 is 0 Å². The van der Waals surface area contributed by atoms with E-state index in [0.717, 1.165) is 17.1 Å². The van der Waals surface area contributed by atoms with Gasteiger partial charge in [0.1, 0.15) is 5.01 Å². The van der Waals surface area contributed by atoms with E-state index in [1.165, 1.54) is 0 Å². The molecule has 3 nitrogen and oxygen atoms in total. The van der Waals surface area contributed by atoms with Crippen molar-refractivity contribution in [1.82, 2.24) is 14.5 Å².